The fourth-order valence-electron chi connectivity index (χ4n) is 1.57. The lowest BCUT2D eigenvalue weighted by Gasteiger charge is -2.09. The Morgan fingerprint density at radius 1 is 1.36 bits per heavy atom. The molecule has 2 heteroatoms. The molecular weight excluding hydrogens is 138 g/mol. The van der Waals surface area contributed by atoms with E-state index in [-0.39, 0.29) is 0 Å². The van der Waals surface area contributed by atoms with Crippen molar-refractivity contribution in [3.63, 3.8) is 0 Å². The van der Waals surface area contributed by atoms with Gasteiger partial charge in [-0.2, -0.15) is 0 Å². The van der Waals surface area contributed by atoms with Gasteiger partial charge in [0.2, 0.25) is 0 Å². The van der Waals surface area contributed by atoms with Crippen LogP contribution in [0.15, 0.2) is 18.3 Å². The maximum Gasteiger partial charge on any atom is 0.190 e. The molecule has 1 heterocycles. The Bertz CT molecular complexity index is 199. The van der Waals surface area contributed by atoms with E-state index in [2.05, 4.69) is 4.98 Å². The van der Waals surface area contributed by atoms with Gasteiger partial charge >= 0.3 is 0 Å². The monoisotopic (exact) mass is 151 g/mol. The predicted octanol–water partition coefficient (Wildman–Crippen LogP) is 2.34. The number of rotatable bonds is 2. The summed E-state index contributed by atoms with van der Waals surface area (Å²) < 4.78 is 5.66. The molecule has 1 N–H and O–H groups in total. The number of hydrogen-bond donors (Lipinski definition) is 1. The Morgan fingerprint density at radius 3 is 2.82 bits per heavy atom. The number of ether oxygens (including phenoxy) is 1. The van der Waals surface area contributed by atoms with Crippen molar-refractivity contribution in [3.8, 4) is 5.88 Å². The Labute approximate surface area is 66.6 Å². The van der Waals surface area contributed by atoms with Crippen LogP contribution >= 0.6 is 0 Å². The van der Waals surface area contributed by atoms with E-state index < -0.39 is 0 Å². The van der Waals surface area contributed by atoms with Gasteiger partial charge in [-0.05, 0) is 37.8 Å². The molecule has 1 aromatic heterocycles. The van der Waals surface area contributed by atoms with E-state index in [1.807, 2.05) is 18.3 Å². The van der Waals surface area contributed by atoms with E-state index in [1.54, 1.807) is 0 Å². The highest BCUT2D eigenvalue weighted by molar-refractivity contribution is 5.10. The van der Waals surface area contributed by atoms with Gasteiger partial charge in [-0.1, -0.05) is 0 Å². The minimum atomic E-state index is 0.466. The van der Waals surface area contributed by atoms with Crippen LogP contribution in [0.4, 0.5) is 0 Å². The first-order chi connectivity index (χ1) is 5.45. The Hall–Kier alpha value is -0.920. The van der Waals surface area contributed by atoms with Gasteiger partial charge in [0.05, 0.1) is 0 Å². The molecule has 0 bridgehead atoms. The summed E-state index contributed by atoms with van der Waals surface area (Å²) in [6.07, 6.45) is 7.45. The van der Waals surface area contributed by atoms with Crippen LogP contribution in [-0.2, 0) is 0 Å². The summed E-state index contributed by atoms with van der Waals surface area (Å²) in [7, 11) is 0. The molecule has 0 aliphatic heterocycles. The van der Waals surface area contributed by atoms with Crippen LogP contribution in [-0.4, -0.2) is 11.1 Å². The summed E-state index contributed by atoms with van der Waals surface area (Å²) in [5, 5.41) is 0. The lowest BCUT2D eigenvalue weighted by molar-refractivity contribution is 0.202. The van der Waals surface area contributed by atoms with Crippen LogP contribution in [0.2, 0.25) is 0 Å². The number of hydrogen-bond acceptors (Lipinski definition) is 1. The molecule has 0 radical (unpaired) electrons. The van der Waals surface area contributed by atoms with Crippen LogP contribution in [0.1, 0.15) is 25.7 Å². The molecule has 0 spiro atoms. The third-order valence-electron chi connectivity index (χ3n) is 2.17. The van der Waals surface area contributed by atoms with E-state index in [0.29, 0.717) is 6.10 Å². The van der Waals surface area contributed by atoms with E-state index in [4.69, 9.17) is 4.74 Å². The highest BCUT2D eigenvalue weighted by Gasteiger charge is 2.16. The molecule has 11 heavy (non-hydrogen) atoms. The molecule has 1 fully saturated rings. The first-order valence-corrected chi connectivity index (χ1v) is 4.25. The van der Waals surface area contributed by atoms with Crippen LogP contribution in [0, 0.1) is 0 Å². The van der Waals surface area contributed by atoms with E-state index in [9.17, 15) is 0 Å². The molecule has 0 unspecified atom stereocenters. The second kappa shape index (κ2) is 2.99. The van der Waals surface area contributed by atoms with Gasteiger partial charge in [0.1, 0.15) is 6.10 Å². The number of H-pyrrole nitrogens is 1. The number of nitrogens with one attached hydrogen (secondary N) is 1. The van der Waals surface area contributed by atoms with Gasteiger partial charge in [-0.3, -0.25) is 0 Å². The summed E-state index contributed by atoms with van der Waals surface area (Å²) in [5.74, 6) is 0.914. The Kier molecular flexibility index (Phi) is 1.84. The zero-order chi connectivity index (χ0) is 7.52. The van der Waals surface area contributed by atoms with Gasteiger partial charge in [0, 0.05) is 6.20 Å². The molecule has 60 valence electrons. The van der Waals surface area contributed by atoms with Crippen LogP contribution in [0.5, 0.6) is 5.88 Å². The lowest BCUT2D eigenvalue weighted by atomic mass is 10.3. The second-order valence-electron chi connectivity index (χ2n) is 3.06. The van der Waals surface area contributed by atoms with Crippen molar-refractivity contribution in [1.29, 1.82) is 0 Å². The molecule has 1 aromatic rings. The van der Waals surface area contributed by atoms with E-state index in [1.165, 1.54) is 25.7 Å². The van der Waals surface area contributed by atoms with Crippen molar-refractivity contribution < 1.29 is 4.74 Å². The van der Waals surface area contributed by atoms with E-state index >= 15 is 0 Å². The van der Waals surface area contributed by atoms with Crippen LogP contribution < -0.4 is 4.74 Å². The van der Waals surface area contributed by atoms with Gasteiger partial charge in [0.25, 0.3) is 0 Å². The molecule has 0 aromatic carbocycles. The molecule has 0 saturated heterocycles. The highest BCUT2D eigenvalue weighted by Crippen LogP contribution is 2.22. The average molecular weight is 151 g/mol. The third kappa shape index (κ3) is 1.56. The number of aromatic nitrogens is 1. The van der Waals surface area contributed by atoms with Crippen molar-refractivity contribution in [3.05, 3.63) is 18.3 Å². The van der Waals surface area contributed by atoms with Crippen LogP contribution in [0.25, 0.3) is 0 Å². The smallest absolute Gasteiger partial charge is 0.190 e. The molecule has 0 atom stereocenters. The van der Waals surface area contributed by atoms with Crippen LogP contribution in [0.3, 0.4) is 0 Å². The lowest BCUT2D eigenvalue weighted by Crippen LogP contribution is -2.10. The zero-order valence-electron chi connectivity index (χ0n) is 6.55. The first-order valence-electron chi connectivity index (χ1n) is 4.25. The largest absolute Gasteiger partial charge is 0.476 e. The number of aromatic amines is 1. The van der Waals surface area contributed by atoms with Gasteiger partial charge in [-0.25, -0.2) is 0 Å². The molecular formula is C9H13NO. The summed E-state index contributed by atoms with van der Waals surface area (Å²) in [4.78, 5) is 3.04. The first kappa shape index (κ1) is 6.77. The van der Waals surface area contributed by atoms with Crippen molar-refractivity contribution in [2.75, 3.05) is 0 Å². The molecule has 1 saturated carbocycles. The normalized spacial score (nSPS) is 18.9. The molecule has 2 rings (SSSR count). The van der Waals surface area contributed by atoms with Crippen molar-refractivity contribution >= 4 is 0 Å². The maximum atomic E-state index is 5.66. The summed E-state index contributed by atoms with van der Waals surface area (Å²) >= 11 is 0. The topological polar surface area (TPSA) is 25.0 Å². The maximum absolute atomic E-state index is 5.66. The fraction of sp³-hybridized carbons (Fsp3) is 0.556. The SMILES string of the molecule is c1c[nH]c(OC2CCCC2)c1. The minimum Gasteiger partial charge on any atom is -0.476 e. The Balaban J connectivity index is 1.90. The van der Waals surface area contributed by atoms with E-state index in [0.717, 1.165) is 5.88 Å². The fourth-order valence-corrected chi connectivity index (χ4v) is 1.57. The predicted molar refractivity (Wildman–Crippen MR) is 43.7 cm³/mol. The standard InChI is InChI=1S/C9H13NO/c1-2-5-8(4-1)11-9-6-3-7-10-9/h3,6-8,10H,1-2,4-5H2. The highest BCUT2D eigenvalue weighted by atomic mass is 16.5. The zero-order valence-corrected chi connectivity index (χ0v) is 6.55. The quantitative estimate of drug-likeness (QED) is 0.689. The van der Waals surface area contributed by atoms with Gasteiger partial charge in [-0.15, -0.1) is 0 Å². The van der Waals surface area contributed by atoms with Gasteiger partial charge in [0.15, 0.2) is 5.88 Å². The minimum absolute atomic E-state index is 0.466. The molecule has 0 amide bonds. The molecule has 1 aliphatic carbocycles. The summed E-state index contributed by atoms with van der Waals surface area (Å²) in [6.45, 7) is 0. The molecule has 1 aliphatic rings. The Morgan fingerprint density at radius 2 is 2.18 bits per heavy atom. The third-order valence-corrected chi connectivity index (χ3v) is 2.17. The summed E-state index contributed by atoms with van der Waals surface area (Å²) in [5.41, 5.74) is 0. The van der Waals surface area contributed by atoms with Crippen molar-refractivity contribution in [2.45, 2.75) is 31.8 Å². The molecule has 2 nitrogen and oxygen atoms in total. The van der Waals surface area contributed by atoms with Gasteiger partial charge < -0.3 is 9.72 Å². The van der Waals surface area contributed by atoms with Crippen molar-refractivity contribution in [2.24, 2.45) is 0 Å². The second-order valence-corrected chi connectivity index (χ2v) is 3.06. The van der Waals surface area contributed by atoms with Crippen molar-refractivity contribution in [1.82, 2.24) is 4.98 Å². The average Bonchev–Trinajstić information content (AvgIpc) is 2.60. The summed E-state index contributed by atoms with van der Waals surface area (Å²) in [6, 6.07) is 3.93.